The first kappa shape index (κ1) is 17.9. The Morgan fingerprint density at radius 3 is 2.59 bits per heavy atom. The zero-order valence-electron chi connectivity index (χ0n) is 13.7. The molecule has 1 aromatic carbocycles. The van der Waals surface area contributed by atoms with E-state index in [0.29, 0.717) is 25.1 Å². The van der Waals surface area contributed by atoms with E-state index in [1.807, 2.05) is 20.8 Å². The smallest absolute Gasteiger partial charge is 0.407 e. The number of hydrogen-bond acceptors (Lipinski definition) is 4. The number of allylic oxidation sites excluding steroid dienone is 1. The summed E-state index contributed by atoms with van der Waals surface area (Å²) in [6.45, 7) is 9.53. The van der Waals surface area contributed by atoms with E-state index in [1.54, 1.807) is 25.3 Å². The molecule has 1 amide bonds. The van der Waals surface area contributed by atoms with Gasteiger partial charge in [0.25, 0.3) is 0 Å². The summed E-state index contributed by atoms with van der Waals surface area (Å²) in [6, 6.07) is 3.31. The predicted octanol–water partition coefficient (Wildman–Crippen LogP) is 3.20. The van der Waals surface area contributed by atoms with E-state index in [2.05, 4.69) is 11.9 Å². The van der Waals surface area contributed by atoms with E-state index in [1.165, 1.54) is 0 Å². The van der Waals surface area contributed by atoms with Gasteiger partial charge in [-0.15, -0.1) is 6.58 Å². The molecule has 0 unspecified atom stereocenters. The lowest BCUT2D eigenvalue weighted by molar-refractivity contribution is 0.0528. The lowest BCUT2D eigenvalue weighted by Gasteiger charge is -2.20. The minimum Gasteiger partial charge on any atom is -0.508 e. The number of phenolic OH excluding ortho intramolecular Hbond substituents is 1. The highest BCUT2D eigenvalue weighted by Gasteiger charge is 2.17. The van der Waals surface area contributed by atoms with Crippen LogP contribution < -0.4 is 10.1 Å². The Kier molecular flexibility index (Phi) is 6.28. The maximum atomic E-state index is 11.7. The Morgan fingerprint density at radius 2 is 2.05 bits per heavy atom. The molecule has 0 atom stereocenters. The van der Waals surface area contributed by atoms with E-state index < -0.39 is 11.7 Å². The minimum absolute atomic E-state index is 0.202. The molecule has 0 heterocycles. The molecule has 0 aromatic heterocycles. The van der Waals surface area contributed by atoms with Gasteiger partial charge in [0.2, 0.25) is 0 Å². The number of phenols is 1. The van der Waals surface area contributed by atoms with Crippen molar-refractivity contribution < 1.29 is 19.4 Å². The number of alkyl carbamates (subject to hydrolysis) is 1. The summed E-state index contributed by atoms with van der Waals surface area (Å²) in [6.07, 6.45) is 2.32. The third kappa shape index (κ3) is 5.31. The minimum atomic E-state index is -0.527. The molecule has 1 rings (SSSR count). The standard InChI is InChI=1S/C17H25NO4/c1-6-7-12-13(15(21-5)9-8-14(12)19)10-11-18-16(20)22-17(2,3)4/h6,8-9,19H,1,7,10-11H2,2-5H3,(H,18,20). The number of amides is 1. The second-order valence-electron chi connectivity index (χ2n) is 5.92. The molecule has 1 aromatic rings. The Hall–Kier alpha value is -2.17. The van der Waals surface area contributed by atoms with Gasteiger partial charge >= 0.3 is 6.09 Å². The summed E-state index contributed by atoms with van der Waals surface area (Å²) >= 11 is 0. The lowest BCUT2D eigenvalue weighted by atomic mass is 9.99. The van der Waals surface area contributed by atoms with Crippen molar-refractivity contribution in [1.82, 2.24) is 5.32 Å². The Bertz CT molecular complexity index is 532. The van der Waals surface area contributed by atoms with Gasteiger partial charge in [-0.1, -0.05) is 6.08 Å². The maximum absolute atomic E-state index is 11.7. The highest BCUT2D eigenvalue weighted by atomic mass is 16.6. The fourth-order valence-electron chi connectivity index (χ4n) is 2.10. The van der Waals surface area contributed by atoms with Gasteiger partial charge in [-0.05, 0) is 45.7 Å². The monoisotopic (exact) mass is 307 g/mol. The van der Waals surface area contributed by atoms with Crippen molar-refractivity contribution in [2.24, 2.45) is 0 Å². The van der Waals surface area contributed by atoms with Crippen molar-refractivity contribution >= 4 is 6.09 Å². The SMILES string of the molecule is C=CCc1c(O)ccc(OC)c1CCNC(=O)OC(C)(C)C. The normalized spacial score (nSPS) is 10.9. The van der Waals surface area contributed by atoms with Crippen LogP contribution in [-0.4, -0.2) is 30.5 Å². The number of carbonyl (C=O) groups is 1. The van der Waals surface area contributed by atoms with Crippen molar-refractivity contribution in [3.8, 4) is 11.5 Å². The number of ether oxygens (including phenoxy) is 2. The number of benzene rings is 1. The van der Waals surface area contributed by atoms with Crippen molar-refractivity contribution in [3.05, 3.63) is 35.9 Å². The Morgan fingerprint density at radius 1 is 1.36 bits per heavy atom. The van der Waals surface area contributed by atoms with Gasteiger partial charge in [-0.2, -0.15) is 0 Å². The lowest BCUT2D eigenvalue weighted by Crippen LogP contribution is -2.33. The number of rotatable bonds is 6. The highest BCUT2D eigenvalue weighted by Crippen LogP contribution is 2.30. The van der Waals surface area contributed by atoms with E-state index in [9.17, 15) is 9.90 Å². The van der Waals surface area contributed by atoms with Gasteiger partial charge in [0.1, 0.15) is 17.1 Å². The summed E-state index contributed by atoms with van der Waals surface area (Å²) in [5, 5.41) is 12.7. The van der Waals surface area contributed by atoms with Gasteiger partial charge in [0.15, 0.2) is 0 Å². The first-order valence-electron chi connectivity index (χ1n) is 7.24. The molecule has 0 saturated carbocycles. The molecule has 0 saturated heterocycles. The van der Waals surface area contributed by atoms with Gasteiger partial charge in [0.05, 0.1) is 7.11 Å². The largest absolute Gasteiger partial charge is 0.508 e. The number of methoxy groups -OCH3 is 1. The summed E-state index contributed by atoms with van der Waals surface area (Å²) in [7, 11) is 1.58. The molecule has 2 N–H and O–H groups in total. The van der Waals surface area contributed by atoms with Crippen LogP contribution in [0.3, 0.4) is 0 Å². The van der Waals surface area contributed by atoms with Gasteiger partial charge in [-0.25, -0.2) is 4.79 Å². The van der Waals surface area contributed by atoms with Crippen LogP contribution in [0.5, 0.6) is 11.5 Å². The van der Waals surface area contributed by atoms with Crippen LogP contribution in [0, 0.1) is 0 Å². The third-order valence-electron chi connectivity index (χ3n) is 2.98. The van der Waals surface area contributed by atoms with Crippen LogP contribution in [0.15, 0.2) is 24.8 Å². The molecule has 0 aliphatic rings. The second kappa shape index (κ2) is 7.73. The predicted molar refractivity (Wildman–Crippen MR) is 86.5 cm³/mol. The van der Waals surface area contributed by atoms with E-state index >= 15 is 0 Å². The number of nitrogens with one attached hydrogen (secondary N) is 1. The summed E-state index contributed by atoms with van der Waals surface area (Å²) in [5.41, 5.74) is 1.10. The van der Waals surface area contributed by atoms with Gasteiger partial charge in [-0.3, -0.25) is 0 Å². The maximum Gasteiger partial charge on any atom is 0.407 e. The molecule has 0 fully saturated rings. The molecule has 122 valence electrons. The molecule has 5 heteroatoms. The van der Waals surface area contributed by atoms with Crippen molar-refractivity contribution in [3.63, 3.8) is 0 Å². The van der Waals surface area contributed by atoms with E-state index in [4.69, 9.17) is 9.47 Å². The zero-order valence-corrected chi connectivity index (χ0v) is 13.7. The van der Waals surface area contributed by atoms with Crippen LogP contribution in [0.4, 0.5) is 4.79 Å². The molecule has 0 aliphatic heterocycles. The first-order valence-corrected chi connectivity index (χ1v) is 7.24. The average molecular weight is 307 g/mol. The number of aromatic hydroxyl groups is 1. The van der Waals surface area contributed by atoms with E-state index in [-0.39, 0.29) is 5.75 Å². The number of hydrogen-bond donors (Lipinski definition) is 2. The Labute approximate surface area is 131 Å². The third-order valence-corrected chi connectivity index (χ3v) is 2.98. The second-order valence-corrected chi connectivity index (χ2v) is 5.92. The molecule has 0 aliphatic carbocycles. The van der Waals surface area contributed by atoms with Crippen LogP contribution in [-0.2, 0) is 17.6 Å². The van der Waals surface area contributed by atoms with Crippen molar-refractivity contribution in [2.45, 2.75) is 39.2 Å². The fourth-order valence-corrected chi connectivity index (χ4v) is 2.10. The topological polar surface area (TPSA) is 67.8 Å². The fraction of sp³-hybridized carbons (Fsp3) is 0.471. The molecule has 5 nitrogen and oxygen atoms in total. The molecular formula is C17H25NO4. The van der Waals surface area contributed by atoms with Crippen LogP contribution in [0.2, 0.25) is 0 Å². The summed E-state index contributed by atoms with van der Waals surface area (Å²) < 4.78 is 10.5. The van der Waals surface area contributed by atoms with Gasteiger partial charge in [0, 0.05) is 17.7 Å². The highest BCUT2D eigenvalue weighted by molar-refractivity contribution is 5.67. The molecule has 0 radical (unpaired) electrons. The summed E-state index contributed by atoms with van der Waals surface area (Å²) in [4.78, 5) is 11.7. The molecular weight excluding hydrogens is 282 g/mol. The van der Waals surface area contributed by atoms with Crippen LogP contribution in [0.25, 0.3) is 0 Å². The summed E-state index contributed by atoms with van der Waals surface area (Å²) in [5.74, 6) is 0.883. The molecule has 0 bridgehead atoms. The quantitative estimate of drug-likeness (QED) is 0.792. The van der Waals surface area contributed by atoms with Crippen LogP contribution in [0.1, 0.15) is 31.9 Å². The Balaban J connectivity index is 2.78. The number of carbonyl (C=O) groups excluding carboxylic acids is 1. The average Bonchev–Trinajstić information content (AvgIpc) is 2.40. The van der Waals surface area contributed by atoms with E-state index in [0.717, 1.165) is 11.1 Å². The molecule has 0 spiro atoms. The zero-order chi connectivity index (χ0) is 16.8. The first-order chi connectivity index (χ1) is 10.3. The van der Waals surface area contributed by atoms with Crippen LogP contribution >= 0.6 is 0 Å². The molecule has 22 heavy (non-hydrogen) atoms. The van der Waals surface area contributed by atoms with Gasteiger partial charge < -0.3 is 19.9 Å². The van der Waals surface area contributed by atoms with Crippen molar-refractivity contribution in [2.75, 3.05) is 13.7 Å². The van der Waals surface area contributed by atoms with Crippen molar-refractivity contribution in [1.29, 1.82) is 0 Å².